The number of rotatable bonds is 12. The number of ether oxygens (including phenoxy) is 2. The van der Waals surface area contributed by atoms with Gasteiger partial charge in [-0.1, -0.05) is 18.2 Å². The van der Waals surface area contributed by atoms with Gasteiger partial charge in [0.2, 0.25) is 5.91 Å². The second-order valence-electron chi connectivity index (χ2n) is 5.87. The molecular formula is C20H34N4O3. The zero-order valence-electron chi connectivity index (χ0n) is 17.1. The summed E-state index contributed by atoms with van der Waals surface area (Å²) < 4.78 is 11.0. The van der Waals surface area contributed by atoms with Gasteiger partial charge in [-0.3, -0.25) is 9.79 Å². The van der Waals surface area contributed by atoms with Crippen molar-refractivity contribution in [2.45, 2.75) is 33.8 Å². The van der Waals surface area contributed by atoms with E-state index < -0.39 is 0 Å². The molecule has 0 radical (unpaired) electrons. The minimum atomic E-state index is 0.156. The molecule has 0 saturated heterocycles. The molecule has 152 valence electrons. The third kappa shape index (κ3) is 8.77. The number of methoxy groups -OCH3 is 1. The normalized spacial score (nSPS) is 11.2. The molecule has 7 nitrogen and oxygen atoms in total. The number of nitrogens with one attached hydrogen (secondary N) is 2. The van der Waals surface area contributed by atoms with Crippen molar-refractivity contribution >= 4 is 11.9 Å². The SMILES string of the molecule is CCNC(=NCCOCc1ccccc1OC)NCCC(=O)N(CC)CC. The highest BCUT2D eigenvalue weighted by Crippen LogP contribution is 2.17. The first-order valence-electron chi connectivity index (χ1n) is 9.65. The Hall–Kier alpha value is -2.28. The number of amides is 1. The number of hydrogen-bond donors (Lipinski definition) is 2. The van der Waals surface area contributed by atoms with Crippen molar-refractivity contribution in [2.24, 2.45) is 4.99 Å². The van der Waals surface area contributed by atoms with Gasteiger partial charge in [-0.2, -0.15) is 0 Å². The molecule has 1 aromatic rings. The number of guanidine groups is 1. The summed E-state index contributed by atoms with van der Waals surface area (Å²) in [4.78, 5) is 18.3. The first-order valence-corrected chi connectivity index (χ1v) is 9.65. The second-order valence-corrected chi connectivity index (χ2v) is 5.87. The van der Waals surface area contributed by atoms with Crippen LogP contribution < -0.4 is 15.4 Å². The minimum absolute atomic E-state index is 0.156. The zero-order chi connectivity index (χ0) is 19.9. The van der Waals surface area contributed by atoms with Gasteiger partial charge in [-0.05, 0) is 26.8 Å². The molecule has 1 rings (SSSR count). The molecule has 0 aliphatic heterocycles. The van der Waals surface area contributed by atoms with Crippen LogP contribution in [0.3, 0.4) is 0 Å². The lowest BCUT2D eigenvalue weighted by molar-refractivity contribution is -0.130. The standard InChI is InChI=1S/C20H34N4O3/c1-5-21-20(22-13-12-19(25)24(6-2)7-3)23-14-15-27-16-17-10-8-9-11-18(17)26-4/h8-11H,5-7,12-16H2,1-4H3,(H2,21,22,23). The molecule has 1 amide bonds. The maximum atomic E-state index is 12.0. The Morgan fingerprint density at radius 3 is 2.56 bits per heavy atom. The lowest BCUT2D eigenvalue weighted by Gasteiger charge is -2.19. The number of aliphatic imine (C=N–C) groups is 1. The lowest BCUT2D eigenvalue weighted by atomic mass is 10.2. The Labute approximate surface area is 163 Å². The van der Waals surface area contributed by atoms with E-state index in [9.17, 15) is 4.79 Å². The van der Waals surface area contributed by atoms with Gasteiger partial charge in [0, 0.05) is 38.2 Å². The van der Waals surface area contributed by atoms with Crippen LogP contribution in [0.15, 0.2) is 29.3 Å². The summed E-state index contributed by atoms with van der Waals surface area (Å²) >= 11 is 0. The highest BCUT2D eigenvalue weighted by molar-refractivity contribution is 5.81. The van der Waals surface area contributed by atoms with Crippen LogP contribution in [-0.4, -0.2) is 63.2 Å². The average Bonchev–Trinajstić information content (AvgIpc) is 2.69. The number of para-hydroxylation sites is 1. The fraction of sp³-hybridized carbons (Fsp3) is 0.600. The molecule has 0 aromatic heterocycles. The van der Waals surface area contributed by atoms with Crippen molar-refractivity contribution in [3.8, 4) is 5.75 Å². The van der Waals surface area contributed by atoms with Crippen LogP contribution in [0.1, 0.15) is 32.8 Å². The first-order chi connectivity index (χ1) is 13.2. The maximum absolute atomic E-state index is 12.0. The Balaban J connectivity index is 2.35. The molecule has 27 heavy (non-hydrogen) atoms. The van der Waals surface area contributed by atoms with Gasteiger partial charge in [-0.25, -0.2) is 0 Å². The molecule has 0 spiro atoms. The molecule has 0 unspecified atom stereocenters. The summed E-state index contributed by atoms with van der Waals surface area (Å²) in [6, 6.07) is 7.81. The molecule has 0 atom stereocenters. The number of carbonyl (C=O) groups is 1. The van der Waals surface area contributed by atoms with Gasteiger partial charge < -0.3 is 25.0 Å². The summed E-state index contributed by atoms with van der Waals surface area (Å²) in [5.74, 6) is 1.68. The molecule has 0 heterocycles. The van der Waals surface area contributed by atoms with Crippen molar-refractivity contribution in [1.82, 2.24) is 15.5 Å². The second kappa shape index (κ2) is 13.9. The van der Waals surface area contributed by atoms with E-state index in [0.717, 1.165) is 30.9 Å². The molecule has 0 aliphatic carbocycles. The Kier molecular flexibility index (Phi) is 11.7. The number of hydrogen-bond acceptors (Lipinski definition) is 4. The van der Waals surface area contributed by atoms with Gasteiger partial charge in [0.1, 0.15) is 5.75 Å². The van der Waals surface area contributed by atoms with Crippen LogP contribution in [0.2, 0.25) is 0 Å². The largest absolute Gasteiger partial charge is 0.496 e. The number of nitrogens with zero attached hydrogens (tertiary/aromatic N) is 2. The first kappa shape index (κ1) is 22.8. The van der Waals surface area contributed by atoms with Crippen molar-refractivity contribution in [1.29, 1.82) is 0 Å². The monoisotopic (exact) mass is 378 g/mol. The van der Waals surface area contributed by atoms with Crippen molar-refractivity contribution in [3.05, 3.63) is 29.8 Å². The Bertz CT molecular complexity index is 574. The lowest BCUT2D eigenvalue weighted by Crippen LogP contribution is -2.40. The molecule has 0 bridgehead atoms. The topological polar surface area (TPSA) is 75.2 Å². The smallest absolute Gasteiger partial charge is 0.224 e. The summed E-state index contributed by atoms with van der Waals surface area (Å²) in [7, 11) is 1.66. The fourth-order valence-electron chi connectivity index (χ4n) is 2.59. The van der Waals surface area contributed by atoms with Gasteiger partial charge >= 0.3 is 0 Å². The van der Waals surface area contributed by atoms with Gasteiger partial charge in [0.05, 0.1) is 26.9 Å². The van der Waals surface area contributed by atoms with E-state index in [-0.39, 0.29) is 5.91 Å². The predicted molar refractivity (Wildman–Crippen MR) is 109 cm³/mol. The van der Waals surface area contributed by atoms with Crippen molar-refractivity contribution in [3.63, 3.8) is 0 Å². The van der Waals surface area contributed by atoms with Crippen LogP contribution >= 0.6 is 0 Å². The number of carbonyl (C=O) groups excluding carboxylic acids is 1. The van der Waals surface area contributed by atoms with Crippen LogP contribution in [0, 0.1) is 0 Å². The van der Waals surface area contributed by atoms with E-state index >= 15 is 0 Å². The molecule has 7 heteroatoms. The molecule has 1 aromatic carbocycles. The van der Waals surface area contributed by atoms with E-state index in [1.54, 1.807) is 7.11 Å². The molecule has 0 aliphatic rings. The van der Waals surface area contributed by atoms with E-state index in [0.29, 0.717) is 38.7 Å². The van der Waals surface area contributed by atoms with Crippen molar-refractivity contribution < 1.29 is 14.3 Å². The Morgan fingerprint density at radius 1 is 1.15 bits per heavy atom. The van der Waals surface area contributed by atoms with Gasteiger partial charge in [0.25, 0.3) is 0 Å². The predicted octanol–water partition coefficient (Wildman–Crippen LogP) is 2.03. The summed E-state index contributed by atoms with van der Waals surface area (Å²) in [6.45, 7) is 10.3. The summed E-state index contributed by atoms with van der Waals surface area (Å²) in [6.07, 6.45) is 0.455. The molecule has 0 fully saturated rings. The zero-order valence-corrected chi connectivity index (χ0v) is 17.1. The third-order valence-corrected chi connectivity index (χ3v) is 4.05. The van der Waals surface area contributed by atoms with E-state index in [2.05, 4.69) is 15.6 Å². The summed E-state index contributed by atoms with van der Waals surface area (Å²) in [5, 5.41) is 6.38. The summed E-state index contributed by atoms with van der Waals surface area (Å²) in [5.41, 5.74) is 1.02. The molecular weight excluding hydrogens is 344 g/mol. The third-order valence-electron chi connectivity index (χ3n) is 4.05. The van der Waals surface area contributed by atoms with E-state index in [4.69, 9.17) is 9.47 Å². The average molecular weight is 379 g/mol. The van der Waals surface area contributed by atoms with E-state index in [1.165, 1.54) is 0 Å². The van der Waals surface area contributed by atoms with Crippen molar-refractivity contribution in [2.75, 3.05) is 46.4 Å². The van der Waals surface area contributed by atoms with Crippen LogP contribution in [0.25, 0.3) is 0 Å². The maximum Gasteiger partial charge on any atom is 0.224 e. The highest BCUT2D eigenvalue weighted by Gasteiger charge is 2.09. The molecule has 2 N–H and O–H groups in total. The molecule has 0 saturated carbocycles. The van der Waals surface area contributed by atoms with Crippen LogP contribution in [-0.2, 0) is 16.1 Å². The van der Waals surface area contributed by atoms with Crippen LogP contribution in [0.4, 0.5) is 0 Å². The van der Waals surface area contributed by atoms with E-state index in [1.807, 2.05) is 49.9 Å². The van der Waals surface area contributed by atoms with Gasteiger partial charge in [0.15, 0.2) is 5.96 Å². The Morgan fingerprint density at radius 2 is 1.89 bits per heavy atom. The quantitative estimate of drug-likeness (QED) is 0.331. The minimum Gasteiger partial charge on any atom is -0.496 e. The fourth-order valence-corrected chi connectivity index (χ4v) is 2.59. The highest BCUT2D eigenvalue weighted by atomic mass is 16.5. The number of benzene rings is 1. The van der Waals surface area contributed by atoms with Gasteiger partial charge in [-0.15, -0.1) is 0 Å². The van der Waals surface area contributed by atoms with Crippen LogP contribution in [0.5, 0.6) is 5.75 Å².